The molecule has 0 radical (unpaired) electrons. The SMILES string of the molecule is Cc1ccc(N)cc1C(=O)NCC1(N2CCSCC2)CCCCC1.Cl.Cl. The van der Waals surface area contributed by atoms with Crippen LogP contribution in [0.15, 0.2) is 18.2 Å². The van der Waals surface area contributed by atoms with Crippen LogP contribution in [0.1, 0.15) is 48.0 Å². The van der Waals surface area contributed by atoms with Gasteiger partial charge in [-0.05, 0) is 37.5 Å². The van der Waals surface area contributed by atoms with Crippen LogP contribution in [-0.4, -0.2) is 47.5 Å². The lowest BCUT2D eigenvalue weighted by Crippen LogP contribution is -2.58. The lowest BCUT2D eigenvalue weighted by atomic mass is 9.80. The molecule has 1 heterocycles. The molecule has 0 bridgehead atoms. The fraction of sp³-hybridized carbons (Fsp3) is 0.632. The van der Waals surface area contributed by atoms with Crippen LogP contribution in [0.25, 0.3) is 0 Å². The van der Waals surface area contributed by atoms with E-state index in [0.29, 0.717) is 11.3 Å². The Balaban J connectivity index is 0.00000169. The third kappa shape index (κ3) is 5.44. The number of amides is 1. The van der Waals surface area contributed by atoms with Crippen molar-refractivity contribution in [1.29, 1.82) is 0 Å². The van der Waals surface area contributed by atoms with Gasteiger partial charge in [-0.3, -0.25) is 9.69 Å². The molecule has 0 atom stereocenters. The number of nitrogens with zero attached hydrogens (tertiary/aromatic N) is 1. The average molecular weight is 420 g/mol. The number of rotatable bonds is 4. The Morgan fingerprint density at radius 3 is 2.50 bits per heavy atom. The highest BCUT2D eigenvalue weighted by atomic mass is 35.5. The van der Waals surface area contributed by atoms with Crippen LogP contribution in [0.2, 0.25) is 0 Å². The fourth-order valence-electron chi connectivity index (χ4n) is 4.08. The number of carbonyl (C=O) groups is 1. The molecule has 4 nitrogen and oxygen atoms in total. The van der Waals surface area contributed by atoms with E-state index in [1.54, 1.807) is 6.07 Å². The first kappa shape index (κ1) is 23.4. The summed E-state index contributed by atoms with van der Waals surface area (Å²) in [6.45, 7) is 5.02. The van der Waals surface area contributed by atoms with E-state index in [1.165, 1.54) is 43.6 Å². The van der Waals surface area contributed by atoms with Crippen molar-refractivity contribution in [2.24, 2.45) is 0 Å². The first-order chi connectivity index (χ1) is 11.6. The third-order valence-electron chi connectivity index (χ3n) is 5.55. The molecule has 3 rings (SSSR count). The molecular weight excluding hydrogens is 389 g/mol. The molecule has 1 saturated carbocycles. The van der Waals surface area contributed by atoms with Crippen LogP contribution >= 0.6 is 36.6 Å². The number of nitrogens with two attached hydrogens (primary N) is 1. The predicted octanol–water partition coefficient (Wildman–Crippen LogP) is 3.90. The fourth-order valence-corrected chi connectivity index (χ4v) is 4.98. The van der Waals surface area contributed by atoms with Crippen LogP contribution in [-0.2, 0) is 0 Å². The molecule has 1 aromatic rings. The minimum absolute atomic E-state index is 0. The van der Waals surface area contributed by atoms with Crippen molar-refractivity contribution in [2.45, 2.75) is 44.6 Å². The standard InChI is InChI=1S/C19H29N3OS.2ClH/c1-15-5-6-16(20)13-17(15)18(23)21-14-19(7-3-2-4-8-19)22-9-11-24-12-10-22;;/h5-6,13H,2-4,7-12,14,20H2,1H3,(H,21,23);2*1H. The zero-order valence-corrected chi connectivity index (χ0v) is 17.9. The van der Waals surface area contributed by atoms with Gasteiger partial charge in [0.1, 0.15) is 0 Å². The highest BCUT2D eigenvalue weighted by molar-refractivity contribution is 7.99. The van der Waals surface area contributed by atoms with Crippen LogP contribution in [0.3, 0.4) is 0 Å². The van der Waals surface area contributed by atoms with Crippen LogP contribution < -0.4 is 11.1 Å². The number of halogens is 2. The van der Waals surface area contributed by atoms with Gasteiger partial charge in [0.15, 0.2) is 0 Å². The molecule has 26 heavy (non-hydrogen) atoms. The molecule has 0 spiro atoms. The molecule has 0 aromatic heterocycles. The highest BCUT2D eigenvalue weighted by Crippen LogP contribution is 2.35. The summed E-state index contributed by atoms with van der Waals surface area (Å²) in [6.07, 6.45) is 6.28. The number of nitrogen functional groups attached to an aromatic ring is 1. The van der Waals surface area contributed by atoms with Crippen molar-refractivity contribution < 1.29 is 4.79 Å². The second-order valence-corrected chi connectivity index (χ2v) is 8.37. The summed E-state index contributed by atoms with van der Waals surface area (Å²) in [5.74, 6) is 2.43. The maximum Gasteiger partial charge on any atom is 0.251 e. The summed E-state index contributed by atoms with van der Waals surface area (Å²) in [7, 11) is 0. The maximum atomic E-state index is 12.7. The number of anilines is 1. The van der Waals surface area contributed by atoms with Gasteiger partial charge in [-0.1, -0.05) is 25.3 Å². The van der Waals surface area contributed by atoms with Crippen molar-refractivity contribution in [3.63, 3.8) is 0 Å². The molecule has 2 aliphatic rings. The normalized spacial score (nSPS) is 19.7. The quantitative estimate of drug-likeness (QED) is 0.726. The van der Waals surface area contributed by atoms with Gasteiger partial charge in [0, 0.05) is 47.9 Å². The van der Waals surface area contributed by atoms with Gasteiger partial charge in [0.2, 0.25) is 0 Å². The summed E-state index contributed by atoms with van der Waals surface area (Å²) in [4.78, 5) is 15.3. The molecule has 1 aliphatic heterocycles. The largest absolute Gasteiger partial charge is 0.399 e. The minimum atomic E-state index is 0. The lowest BCUT2D eigenvalue weighted by molar-refractivity contribution is 0.0548. The van der Waals surface area contributed by atoms with E-state index < -0.39 is 0 Å². The van der Waals surface area contributed by atoms with Crippen LogP contribution in [0.4, 0.5) is 5.69 Å². The first-order valence-corrected chi connectivity index (χ1v) is 10.2. The molecule has 1 aromatic carbocycles. The van der Waals surface area contributed by atoms with E-state index in [-0.39, 0.29) is 36.3 Å². The van der Waals surface area contributed by atoms with Gasteiger partial charge >= 0.3 is 0 Å². The van der Waals surface area contributed by atoms with Crippen molar-refractivity contribution in [1.82, 2.24) is 10.2 Å². The van der Waals surface area contributed by atoms with Gasteiger partial charge in [-0.25, -0.2) is 0 Å². The second kappa shape index (κ2) is 10.6. The monoisotopic (exact) mass is 419 g/mol. The van der Waals surface area contributed by atoms with E-state index in [4.69, 9.17) is 5.73 Å². The van der Waals surface area contributed by atoms with Crippen molar-refractivity contribution in [3.05, 3.63) is 29.3 Å². The Labute approximate surface area is 173 Å². The van der Waals surface area contributed by atoms with Gasteiger partial charge in [0.05, 0.1) is 0 Å². The third-order valence-corrected chi connectivity index (χ3v) is 6.49. The molecule has 148 valence electrons. The van der Waals surface area contributed by atoms with Crippen molar-refractivity contribution >= 4 is 48.2 Å². The number of carbonyl (C=O) groups excluding carboxylic acids is 1. The summed E-state index contributed by atoms with van der Waals surface area (Å²) in [6, 6.07) is 5.55. The number of hydrogen-bond acceptors (Lipinski definition) is 4. The molecule has 7 heteroatoms. The van der Waals surface area contributed by atoms with E-state index in [1.807, 2.05) is 30.8 Å². The smallest absolute Gasteiger partial charge is 0.251 e. The molecule has 2 fully saturated rings. The summed E-state index contributed by atoms with van der Waals surface area (Å²) in [5, 5.41) is 3.23. The molecule has 3 N–H and O–H groups in total. The zero-order chi connectivity index (χ0) is 17.0. The van der Waals surface area contributed by atoms with E-state index >= 15 is 0 Å². The zero-order valence-electron chi connectivity index (χ0n) is 15.5. The number of aryl methyl sites for hydroxylation is 1. The number of nitrogens with one attached hydrogen (secondary N) is 1. The molecule has 0 unspecified atom stereocenters. The first-order valence-electron chi connectivity index (χ1n) is 9.08. The van der Waals surface area contributed by atoms with E-state index in [0.717, 1.165) is 25.2 Å². The lowest BCUT2D eigenvalue weighted by Gasteiger charge is -2.48. The Hall–Kier alpha value is -0.620. The Morgan fingerprint density at radius 1 is 1.19 bits per heavy atom. The molecule has 1 aliphatic carbocycles. The topological polar surface area (TPSA) is 58.4 Å². The predicted molar refractivity (Wildman–Crippen MR) is 117 cm³/mol. The summed E-state index contributed by atoms with van der Waals surface area (Å²) in [5.41, 5.74) is 8.34. The van der Waals surface area contributed by atoms with Gasteiger partial charge in [-0.2, -0.15) is 11.8 Å². The Kier molecular flexibility index (Phi) is 9.59. The average Bonchev–Trinajstić information content (AvgIpc) is 2.63. The summed E-state index contributed by atoms with van der Waals surface area (Å²) >= 11 is 2.04. The van der Waals surface area contributed by atoms with Crippen LogP contribution in [0.5, 0.6) is 0 Å². The van der Waals surface area contributed by atoms with Crippen molar-refractivity contribution in [3.8, 4) is 0 Å². The molecule has 1 amide bonds. The number of benzene rings is 1. The van der Waals surface area contributed by atoms with Crippen LogP contribution in [0, 0.1) is 6.92 Å². The maximum absolute atomic E-state index is 12.7. The van der Waals surface area contributed by atoms with Gasteiger partial charge < -0.3 is 11.1 Å². The van der Waals surface area contributed by atoms with Gasteiger partial charge in [-0.15, -0.1) is 24.8 Å². The minimum Gasteiger partial charge on any atom is -0.399 e. The Morgan fingerprint density at radius 2 is 1.85 bits per heavy atom. The molecular formula is C19H31Cl2N3OS. The highest BCUT2D eigenvalue weighted by Gasteiger charge is 2.38. The number of hydrogen-bond donors (Lipinski definition) is 2. The van der Waals surface area contributed by atoms with E-state index in [9.17, 15) is 4.79 Å². The van der Waals surface area contributed by atoms with E-state index in [2.05, 4.69) is 10.2 Å². The van der Waals surface area contributed by atoms with Gasteiger partial charge in [0.25, 0.3) is 5.91 Å². The summed E-state index contributed by atoms with van der Waals surface area (Å²) < 4.78 is 0. The van der Waals surface area contributed by atoms with Crippen molar-refractivity contribution in [2.75, 3.05) is 36.9 Å². The Bertz CT molecular complexity index is 588. The second-order valence-electron chi connectivity index (χ2n) is 7.14. The number of thioether (sulfide) groups is 1. The molecule has 1 saturated heterocycles.